The molecule has 0 amide bonds. The zero-order valence-electron chi connectivity index (χ0n) is 10.1. The van der Waals surface area contributed by atoms with E-state index < -0.39 is 21.8 Å². The van der Waals surface area contributed by atoms with Crippen LogP contribution in [0, 0.1) is 5.82 Å². The standard InChI is InChI=1S/C11H14FNO4S/c1-3-6-18(15,16)13-10-5-4-8(12)7-9(10)11(14)17-2/h4-5,7,13H,3,6H2,1-2H3. The van der Waals surface area contributed by atoms with Gasteiger partial charge in [-0.15, -0.1) is 0 Å². The topological polar surface area (TPSA) is 72.5 Å². The van der Waals surface area contributed by atoms with Gasteiger partial charge in [-0.3, -0.25) is 4.72 Å². The van der Waals surface area contributed by atoms with E-state index in [0.717, 1.165) is 19.2 Å². The van der Waals surface area contributed by atoms with Crippen LogP contribution in [0.5, 0.6) is 0 Å². The monoisotopic (exact) mass is 275 g/mol. The average Bonchev–Trinajstić information content (AvgIpc) is 2.30. The first-order valence-corrected chi connectivity index (χ1v) is 6.93. The third kappa shape index (κ3) is 3.69. The molecule has 1 N–H and O–H groups in total. The van der Waals surface area contributed by atoms with Crippen LogP contribution in [0.3, 0.4) is 0 Å². The van der Waals surface area contributed by atoms with Crippen LogP contribution in [-0.2, 0) is 14.8 Å². The van der Waals surface area contributed by atoms with Crippen molar-refractivity contribution in [3.63, 3.8) is 0 Å². The number of esters is 1. The minimum atomic E-state index is -3.54. The number of halogens is 1. The number of nitrogens with one attached hydrogen (secondary N) is 1. The van der Waals surface area contributed by atoms with Gasteiger partial charge < -0.3 is 4.74 Å². The van der Waals surface area contributed by atoms with Gasteiger partial charge in [0, 0.05) is 0 Å². The Morgan fingerprint density at radius 1 is 1.44 bits per heavy atom. The summed E-state index contributed by atoms with van der Waals surface area (Å²) in [6, 6.07) is 3.18. The summed E-state index contributed by atoms with van der Waals surface area (Å²) in [4.78, 5) is 11.4. The molecule has 1 aromatic rings. The van der Waals surface area contributed by atoms with E-state index in [2.05, 4.69) is 9.46 Å². The first-order valence-electron chi connectivity index (χ1n) is 5.28. The highest BCUT2D eigenvalue weighted by atomic mass is 32.2. The fourth-order valence-electron chi connectivity index (χ4n) is 1.37. The molecule has 0 atom stereocenters. The predicted octanol–water partition coefficient (Wildman–Crippen LogP) is 1.76. The van der Waals surface area contributed by atoms with Crippen LogP contribution in [-0.4, -0.2) is 27.2 Å². The number of carbonyl (C=O) groups excluding carboxylic acids is 1. The lowest BCUT2D eigenvalue weighted by atomic mass is 10.2. The van der Waals surface area contributed by atoms with E-state index in [-0.39, 0.29) is 17.0 Å². The molecule has 0 aromatic heterocycles. The Balaban J connectivity index is 3.13. The number of methoxy groups -OCH3 is 1. The molecule has 0 aliphatic rings. The van der Waals surface area contributed by atoms with Crippen molar-refractivity contribution in [2.24, 2.45) is 0 Å². The molecule has 0 saturated carbocycles. The summed E-state index contributed by atoms with van der Waals surface area (Å²) in [5.41, 5.74) is -0.145. The molecule has 0 fully saturated rings. The molecule has 0 bridgehead atoms. The predicted molar refractivity (Wildman–Crippen MR) is 65.4 cm³/mol. The molecule has 0 unspecified atom stereocenters. The van der Waals surface area contributed by atoms with Gasteiger partial charge in [-0.2, -0.15) is 0 Å². The molecule has 0 spiro atoms. The molecule has 7 heteroatoms. The van der Waals surface area contributed by atoms with E-state index in [9.17, 15) is 17.6 Å². The van der Waals surface area contributed by atoms with Gasteiger partial charge in [0.2, 0.25) is 10.0 Å². The maximum absolute atomic E-state index is 13.0. The van der Waals surface area contributed by atoms with Crippen LogP contribution in [0.4, 0.5) is 10.1 Å². The van der Waals surface area contributed by atoms with Crippen molar-refractivity contribution in [1.82, 2.24) is 0 Å². The maximum atomic E-state index is 13.0. The van der Waals surface area contributed by atoms with E-state index >= 15 is 0 Å². The summed E-state index contributed by atoms with van der Waals surface area (Å²) in [6.07, 6.45) is 0.435. The van der Waals surface area contributed by atoms with Crippen molar-refractivity contribution in [3.05, 3.63) is 29.6 Å². The Kier molecular flexibility index (Phi) is 4.66. The van der Waals surface area contributed by atoms with E-state index in [1.807, 2.05) is 0 Å². The first kappa shape index (κ1) is 14.4. The smallest absolute Gasteiger partial charge is 0.340 e. The Hall–Kier alpha value is -1.63. The zero-order chi connectivity index (χ0) is 13.8. The molecular weight excluding hydrogens is 261 g/mol. The van der Waals surface area contributed by atoms with E-state index in [1.54, 1.807) is 6.92 Å². The van der Waals surface area contributed by atoms with Crippen molar-refractivity contribution in [2.45, 2.75) is 13.3 Å². The molecule has 0 saturated heterocycles. The van der Waals surface area contributed by atoms with Crippen molar-refractivity contribution >= 4 is 21.7 Å². The summed E-state index contributed by atoms with van der Waals surface area (Å²) in [5, 5.41) is 0. The summed E-state index contributed by atoms with van der Waals surface area (Å²) in [5.74, 6) is -1.53. The highest BCUT2D eigenvalue weighted by molar-refractivity contribution is 7.92. The molecule has 0 aliphatic carbocycles. The van der Waals surface area contributed by atoms with Crippen molar-refractivity contribution in [2.75, 3.05) is 17.6 Å². The molecule has 1 aromatic carbocycles. The van der Waals surface area contributed by atoms with E-state index in [4.69, 9.17) is 0 Å². The number of hydrogen-bond donors (Lipinski definition) is 1. The fraction of sp³-hybridized carbons (Fsp3) is 0.364. The molecule has 100 valence electrons. The highest BCUT2D eigenvalue weighted by Gasteiger charge is 2.17. The number of rotatable bonds is 5. The Morgan fingerprint density at radius 2 is 2.11 bits per heavy atom. The molecule has 18 heavy (non-hydrogen) atoms. The van der Waals surface area contributed by atoms with Gasteiger partial charge in [-0.25, -0.2) is 17.6 Å². The lowest BCUT2D eigenvalue weighted by molar-refractivity contribution is 0.0601. The lowest BCUT2D eigenvalue weighted by Crippen LogP contribution is -2.18. The van der Waals surface area contributed by atoms with Gasteiger partial charge in [-0.05, 0) is 24.6 Å². The summed E-state index contributed by atoms with van der Waals surface area (Å²) < 4.78 is 42.9. The summed E-state index contributed by atoms with van der Waals surface area (Å²) >= 11 is 0. The van der Waals surface area contributed by atoms with Gasteiger partial charge in [0.05, 0.1) is 24.1 Å². The summed E-state index contributed by atoms with van der Waals surface area (Å²) in [6.45, 7) is 1.71. The van der Waals surface area contributed by atoms with E-state index in [1.165, 1.54) is 6.07 Å². The number of benzene rings is 1. The Bertz CT molecular complexity index is 542. The third-order valence-corrected chi connectivity index (χ3v) is 3.60. The van der Waals surface area contributed by atoms with Gasteiger partial charge in [0.15, 0.2) is 0 Å². The Labute approximate surface area is 105 Å². The molecule has 1 rings (SSSR count). The van der Waals surface area contributed by atoms with Crippen LogP contribution in [0.2, 0.25) is 0 Å². The lowest BCUT2D eigenvalue weighted by Gasteiger charge is -2.10. The van der Waals surface area contributed by atoms with Crippen molar-refractivity contribution in [1.29, 1.82) is 0 Å². The molecular formula is C11H14FNO4S. The van der Waals surface area contributed by atoms with Gasteiger partial charge in [0.1, 0.15) is 5.82 Å². The third-order valence-electron chi connectivity index (χ3n) is 2.13. The number of carbonyl (C=O) groups is 1. The number of sulfonamides is 1. The normalized spacial score (nSPS) is 11.1. The number of anilines is 1. The average molecular weight is 275 g/mol. The van der Waals surface area contributed by atoms with Crippen LogP contribution in [0.1, 0.15) is 23.7 Å². The quantitative estimate of drug-likeness (QED) is 0.831. The molecule has 0 heterocycles. The maximum Gasteiger partial charge on any atom is 0.340 e. The van der Waals surface area contributed by atoms with Crippen LogP contribution < -0.4 is 4.72 Å². The van der Waals surface area contributed by atoms with Crippen molar-refractivity contribution < 1.29 is 22.3 Å². The second-order valence-corrected chi connectivity index (χ2v) is 5.44. The second-order valence-electron chi connectivity index (χ2n) is 3.60. The van der Waals surface area contributed by atoms with Crippen molar-refractivity contribution in [3.8, 4) is 0 Å². The van der Waals surface area contributed by atoms with Gasteiger partial charge >= 0.3 is 5.97 Å². The minimum Gasteiger partial charge on any atom is -0.465 e. The summed E-state index contributed by atoms with van der Waals surface area (Å²) in [7, 11) is -2.41. The van der Waals surface area contributed by atoms with Crippen LogP contribution >= 0.6 is 0 Å². The van der Waals surface area contributed by atoms with Gasteiger partial charge in [-0.1, -0.05) is 6.92 Å². The SMILES string of the molecule is CCCS(=O)(=O)Nc1ccc(F)cc1C(=O)OC. The fourth-order valence-corrected chi connectivity index (χ4v) is 2.52. The molecule has 5 nitrogen and oxygen atoms in total. The minimum absolute atomic E-state index is 0.0108. The zero-order valence-corrected chi connectivity index (χ0v) is 10.9. The molecule has 0 aliphatic heterocycles. The Morgan fingerprint density at radius 3 is 2.67 bits per heavy atom. The largest absolute Gasteiger partial charge is 0.465 e. The first-order chi connectivity index (χ1) is 8.39. The number of ether oxygens (including phenoxy) is 1. The number of hydrogen-bond acceptors (Lipinski definition) is 4. The van der Waals surface area contributed by atoms with Gasteiger partial charge in [0.25, 0.3) is 0 Å². The second kappa shape index (κ2) is 5.81. The molecule has 0 radical (unpaired) electrons. The highest BCUT2D eigenvalue weighted by Crippen LogP contribution is 2.19. The van der Waals surface area contributed by atoms with Crippen LogP contribution in [0.25, 0.3) is 0 Å². The van der Waals surface area contributed by atoms with E-state index in [0.29, 0.717) is 6.42 Å². The van der Waals surface area contributed by atoms with Crippen LogP contribution in [0.15, 0.2) is 18.2 Å².